The molecule has 2 aliphatic heterocycles. The van der Waals surface area contributed by atoms with Crippen LogP contribution in [0.1, 0.15) is 66.8 Å². The van der Waals surface area contributed by atoms with Crippen LogP contribution in [0.3, 0.4) is 0 Å². The van der Waals surface area contributed by atoms with E-state index in [0.717, 1.165) is 54.2 Å². The van der Waals surface area contributed by atoms with Crippen molar-refractivity contribution in [3.05, 3.63) is 81.2 Å². The lowest BCUT2D eigenvalue weighted by Gasteiger charge is -2.32. The molecule has 218 valence electrons. The van der Waals surface area contributed by atoms with Crippen LogP contribution in [0.15, 0.2) is 53.7 Å². The molecule has 0 spiro atoms. The molecule has 2 heterocycles. The third-order valence-corrected chi connectivity index (χ3v) is 9.86. The number of sulfonamides is 1. The van der Waals surface area contributed by atoms with Crippen molar-refractivity contribution in [2.75, 3.05) is 13.1 Å². The van der Waals surface area contributed by atoms with Crippen LogP contribution in [0.2, 0.25) is 0 Å². The van der Waals surface area contributed by atoms with Gasteiger partial charge in [0.05, 0.1) is 22.3 Å². The molecule has 41 heavy (non-hydrogen) atoms. The van der Waals surface area contributed by atoms with E-state index in [1.165, 1.54) is 31.0 Å². The molecular weight excluding hydrogens is 546 g/mol. The SMILES string of the molecule is Cc1ccc(S(=O)(=O)N2C=CNC(=O)[C@H]2CC(=O)N[C@@H]2CCCc3cc(CN4CCCCC4)c([N+](=O)[O-])cc32)cc1. The standard InChI is InChI=1S/C29H35N5O6S/c1-20-8-10-23(11-9-20)41(39,40)33-15-12-30-29(36)27(33)18-28(35)31-25-7-5-6-21-16-22(19-32-13-3-2-4-14-32)26(34(37)38)17-24(21)25/h8-12,15-17,25,27H,2-7,13-14,18-19H2,1H3,(H,30,36)(H,31,35)/t25-,27-/m1/s1. The fourth-order valence-corrected chi connectivity index (χ4v) is 7.35. The Morgan fingerprint density at radius 2 is 1.85 bits per heavy atom. The summed E-state index contributed by atoms with van der Waals surface area (Å²) >= 11 is 0. The lowest BCUT2D eigenvalue weighted by Crippen LogP contribution is -2.51. The number of hydrogen-bond acceptors (Lipinski definition) is 7. The molecule has 3 aliphatic rings. The number of piperidine rings is 1. The zero-order valence-electron chi connectivity index (χ0n) is 23.0. The van der Waals surface area contributed by atoms with E-state index in [0.29, 0.717) is 24.1 Å². The van der Waals surface area contributed by atoms with Crippen LogP contribution in [0, 0.1) is 17.0 Å². The first-order chi connectivity index (χ1) is 19.6. The summed E-state index contributed by atoms with van der Waals surface area (Å²) in [6.45, 7) is 4.21. The fourth-order valence-electron chi connectivity index (χ4n) is 5.90. The second-order valence-corrected chi connectivity index (χ2v) is 12.8. The van der Waals surface area contributed by atoms with Gasteiger partial charge in [0, 0.05) is 30.6 Å². The first-order valence-corrected chi connectivity index (χ1v) is 15.5. The third-order valence-electron chi connectivity index (χ3n) is 8.06. The van der Waals surface area contributed by atoms with Gasteiger partial charge >= 0.3 is 0 Å². The quantitative estimate of drug-likeness (QED) is 0.359. The Balaban J connectivity index is 1.34. The largest absolute Gasteiger partial charge is 0.349 e. The number of aryl methyl sites for hydroxylation is 2. The van der Waals surface area contributed by atoms with Crippen LogP contribution < -0.4 is 10.6 Å². The van der Waals surface area contributed by atoms with Crippen molar-refractivity contribution in [3.63, 3.8) is 0 Å². The number of nitrogens with one attached hydrogen (secondary N) is 2. The Morgan fingerprint density at radius 3 is 2.56 bits per heavy atom. The highest BCUT2D eigenvalue weighted by Gasteiger charge is 2.37. The van der Waals surface area contributed by atoms with Crippen LogP contribution in [-0.4, -0.2) is 53.5 Å². The molecule has 0 aromatic heterocycles. The molecule has 12 heteroatoms. The number of carbonyl (C=O) groups is 2. The average molecular weight is 582 g/mol. The highest BCUT2D eigenvalue weighted by atomic mass is 32.2. The van der Waals surface area contributed by atoms with Crippen molar-refractivity contribution in [3.8, 4) is 0 Å². The van der Waals surface area contributed by atoms with Gasteiger partial charge in [0.1, 0.15) is 6.04 Å². The molecule has 0 saturated carbocycles. The van der Waals surface area contributed by atoms with E-state index in [9.17, 15) is 28.1 Å². The summed E-state index contributed by atoms with van der Waals surface area (Å²) in [5, 5.41) is 17.5. The number of rotatable bonds is 8. The van der Waals surface area contributed by atoms with Gasteiger partial charge in [-0.2, -0.15) is 0 Å². The van der Waals surface area contributed by atoms with E-state index in [2.05, 4.69) is 15.5 Å². The summed E-state index contributed by atoms with van der Waals surface area (Å²) in [5.41, 5.74) is 3.29. The van der Waals surface area contributed by atoms with Gasteiger partial charge in [-0.3, -0.25) is 28.9 Å². The second kappa shape index (κ2) is 12.0. The summed E-state index contributed by atoms with van der Waals surface area (Å²) < 4.78 is 27.6. The van der Waals surface area contributed by atoms with E-state index < -0.39 is 40.3 Å². The molecule has 11 nitrogen and oxygen atoms in total. The van der Waals surface area contributed by atoms with Crippen LogP contribution in [0.25, 0.3) is 0 Å². The molecule has 0 bridgehead atoms. The molecule has 1 aliphatic carbocycles. The van der Waals surface area contributed by atoms with Crippen LogP contribution >= 0.6 is 0 Å². The molecule has 2 aromatic carbocycles. The van der Waals surface area contributed by atoms with Crippen molar-refractivity contribution >= 4 is 27.5 Å². The van der Waals surface area contributed by atoms with Gasteiger partial charge in [-0.25, -0.2) is 8.42 Å². The van der Waals surface area contributed by atoms with E-state index in [4.69, 9.17) is 0 Å². The predicted molar refractivity (Wildman–Crippen MR) is 152 cm³/mol. The lowest BCUT2D eigenvalue weighted by atomic mass is 9.85. The smallest absolute Gasteiger partial charge is 0.274 e. The van der Waals surface area contributed by atoms with E-state index in [1.54, 1.807) is 18.2 Å². The molecular formula is C29H35N5O6S. The Labute approximate surface area is 239 Å². The Hall–Kier alpha value is -3.77. The molecule has 0 unspecified atom stereocenters. The van der Waals surface area contributed by atoms with Gasteiger partial charge in [-0.05, 0) is 81.4 Å². The molecule has 0 radical (unpaired) electrons. The van der Waals surface area contributed by atoms with Crippen LogP contribution in [-0.2, 0) is 32.6 Å². The minimum atomic E-state index is -4.09. The monoisotopic (exact) mass is 581 g/mol. The Morgan fingerprint density at radius 1 is 1.12 bits per heavy atom. The minimum absolute atomic E-state index is 0.0155. The van der Waals surface area contributed by atoms with Gasteiger partial charge in [0.25, 0.3) is 15.7 Å². The average Bonchev–Trinajstić information content (AvgIpc) is 2.94. The number of hydrogen-bond donors (Lipinski definition) is 2. The maximum absolute atomic E-state index is 13.4. The number of carbonyl (C=O) groups excluding carboxylic acids is 2. The van der Waals surface area contributed by atoms with Crippen molar-refractivity contribution in [2.45, 2.75) is 75.4 Å². The van der Waals surface area contributed by atoms with Crippen LogP contribution in [0.5, 0.6) is 0 Å². The first-order valence-electron chi connectivity index (χ1n) is 14.0. The van der Waals surface area contributed by atoms with Crippen molar-refractivity contribution < 1.29 is 22.9 Å². The van der Waals surface area contributed by atoms with Gasteiger partial charge in [0.2, 0.25) is 11.8 Å². The van der Waals surface area contributed by atoms with Crippen molar-refractivity contribution in [1.29, 1.82) is 0 Å². The van der Waals surface area contributed by atoms with Crippen molar-refractivity contribution in [1.82, 2.24) is 19.8 Å². The number of fused-ring (bicyclic) bond motifs is 1. The van der Waals surface area contributed by atoms with Gasteiger partial charge in [-0.1, -0.05) is 24.1 Å². The zero-order chi connectivity index (χ0) is 29.1. The second-order valence-electron chi connectivity index (χ2n) is 11.0. The highest BCUT2D eigenvalue weighted by Crippen LogP contribution is 2.36. The number of nitrogens with zero attached hydrogens (tertiary/aromatic N) is 3. The van der Waals surface area contributed by atoms with Gasteiger partial charge in [0.15, 0.2) is 0 Å². The summed E-state index contributed by atoms with van der Waals surface area (Å²) in [5.74, 6) is -1.12. The summed E-state index contributed by atoms with van der Waals surface area (Å²) in [6.07, 6.45) is 7.57. The highest BCUT2D eigenvalue weighted by molar-refractivity contribution is 7.89. The maximum atomic E-state index is 13.4. The predicted octanol–water partition coefficient (Wildman–Crippen LogP) is 3.43. The molecule has 5 rings (SSSR count). The number of likely N-dealkylation sites (tertiary alicyclic amines) is 1. The Bertz CT molecular complexity index is 1470. The topological polar surface area (TPSA) is 142 Å². The molecule has 2 aromatic rings. The van der Waals surface area contributed by atoms with Crippen LogP contribution in [0.4, 0.5) is 5.69 Å². The minimum Gasteiger partial charge on any atom is -0.349 e. The number of nitro groups is 1. The molecule has 2 N–H and O–H groups in total. The van der Waals surface area contributed by atoms with E-state index in [-0.39, 0.29) is 15.5 Å². The summed E-state index contributed by atoms with van der Waals surface area (Å²) in [7, 11) is -4.09. The number of amides is 2. The number of nitro benzene ring substituents is 1. The Kier molecular flexibility index (Phi) is 8.41. The van der Waals surface area contributed by atoms with E-state index in [1.807, 2.05) is 13.0 Å². The molecule has 1 saturated heterocycles. The molecule has 1 fully saturated rings. The normalized spacial score (nSPS) is 21.2. The molecule has 2 amide bonds. The lowest BCUT2D eigenvalue weighted by molar-refractivity contribution is -0.385. The molecule has 2 atom stereocenters. The van der Waals surface area contributed by atoms with E-state index >= 15 is 0 Å². The zero-order valence-corrected chi connectivity index (χ0v) is 23.9. The van der Waals surface area contributed by atoms with Crippen molar-refractivity contribution in [2.24, 2.45) is 0 Å². The third kappa shape index (κ3) is 6.28. The first kappa shape index (κ1) is 28.7. The van der Waals surface area contributed by atoms with Gasteiger partial charge < -0.3 is 10.6 Å². The summed E-state index contributed by atoms with van der Waals surface area (Å²) in [6, 6.07) is 8.01. The summed E-state index contributed by atoms with van der Waals surface area (Å²) in [4.78, 5) is 39.9. The number of benzene rings is 2. The van der Waals surface area contributed by atoms with Gasteiger partial charge in [-0.15, -0.1) is 0 Å². The fraction of sp³-hybridized carbons (Fsp3) is 0.448. The maximum Gasteiger partial charge on any atom is 0.274 e.